The molecule has 35 heavy (non-hydrogen) atoms. The molecule has 0 fully saturated rings. The van der Waals surface area contributed by atoms with Crippen molar-refractivity contribution >= 4 is 23.8 Å². The summed E-state index contributed by atoms with van der Waals surface area (Å²) < 4.78 is 49.7. The van der Waals surface area contributed by atoms with E-state index in [0.717, 1.165) is 17.4 Å². The molecule has 1 aliphatic rings. The van der Waals surface area contributed by atoms with Crippen LogP contribution in [0.4, 0.5) is 24.8 Å². The second-order valence-electron chi connectivity index (χ2n) is 8.03. The molecule has 11 heteroatoms. The topological polar surface area (TPSA) is 73.9 Å². The molecule has 4 heterocycles. The number of halogens is 3. The van der Waals surface area contributed by atoms with Gasteiger partial charge in [0.05, 0.1) is 36.1 Å². The molecule has 3 aromatic heterocycles. The Bertz CT molecular complexity index is 1390. The Labute approximate surface area is 199 Å². The third-order valence-corrected chi connectivity index (χ3v) is 5.61. The number of fused-ring (bicyclic) bond motifs is 1. The van der Waals surface area contributed by atoms with Gasteiger partial charge in [-0.25, -0.2) is 14.6 Å². The van der Waals surface area contributed by atoms with Crippen LogP contribution in [-0.4, -0.2) is 43.0 Å². The van der Waals surface area contributed by atoms with Gasteiger partial charge in [0, 0.05) is 19.3 Å². The van der Waals surface area contributed by atoms with E-state index in [-0.39, 0.29) is 5.69 Å². The van der Waals surface area contributed by atoms with E-state index < -0.39 is 11.7 Å². The van der Waals surface area contributed by atoms with Crippen molar-refractivity contribution in [2.24, 2.45) is 0 Å². The number of aromatic nitrogens is 6. The summed E-state index contributed by atoms with van der Waals surface area (Å²) in [7, 11) is 1.54. The van der Waals surface area contributed by atoms with Crippen molar-refractivity contribution in [3.8, 4) is 11.6 Å². The Hall–Kier alpha value is -4.15. The Morgan fingerprint density at radius 1 is 1.00 bits per heavy atom. The number of rotatable bonds is 5. The van der Waals surface area contributed by atoms with Gasteiger partial charge in [-0.1, -0.05) is 12.1 Å². The highest BCUT2D eigenvalue weighted by molar-refractivity contribution is 5.68. The lowest BCUT2D eigenvalue weighted by Crippen LogP contribution is -2.30. The zero-order valence-corrected chi connectivity index (χ0v) is 19.1. The molecule has 0 radical (unpaired) electrons. The van der Waals surface area contributed by atoms with Crippen LogP contribution in [0.2, 0.25) is 0 Å². The summed E-state index contributed by atoms with van der Waals surface area (Å²) in [5.74, 6) is 1.19. The number of nitrogens with zero attached hydrogens (tertiary/aromatic N) is 7. The Balaban J connectivity index is 1.43. The van der Waals surface area contributed by atoms with Gasteiger partial charge in [-0.3, -0.25) is 0 Å². The molecule has 180 valence electrons. The Kier molecular flexibility index (Phi) is 5.75. The summed E-state index contributed by atoms with van der Waals surface area (Å²) in [5.41, 5.74) is 1.62. The molecule has 0 atom stereocenters. The number of hydrogen-bond donors (Lipinski definition) is 0. The molecule has 0 aliphatic carbocycles. The molecule has 5 rings (SSSR count). The predicted octanol–water partition coefficient (Wildman–Crippen LogP) is 4.91. The van der Waals surface area contributed by atoms with Crippen LogP contribution < -0.4 is 9.64 Å². The highest BCUT2D eigenvalue weighted by Gasteiger charge is 2.36. The van der Waals surface area contributed by atoms with Gasteiger partial charge in [-0.15, -0.1) is 5.10 Å². The van der Waals surface area contributed by atoms with E-state index in [2.05, 4.69) is 20.1 Å². The quantitative estimate of drug-likeness (QED) is 0.404. The molecule has 0 bridgehead atoms. The fraction of sp³-hybridized carbons (Fsp3) is 0.250. The fourth-order valence-electron chi connectivity index (χ4n) is 4.03. The molecule has 0 spiro atoms. The van der Waals surface area contributed by atoms with Gasteiger partial charge >= 0.3 is 6.18 Å². The third kappa shape index (κ3) is 4.48. The van der Waals surface area contributed by atoms with Crippen molar-refractivity contribution in [3.63, 3.8) is 0 Å². The lowest BCUT2D eigenvalue weighted by Gasteiger charge is -2.29. The first kappa shape index (κ1) is 22.6. The standard InChI is InChI=1S/C24H22F3N7O/c1-16-14-32(15-28-16)20-10-8-17(29-22(20)35-2)9-11-21-30-23-33(12-5-13-34(23)31-21)19-7-4-3-6-18(19)24(25,26)27/h3-4,6-11,14-15H,5,12-13H2,1-2H3. The number of imidazole rings is 1. The number of ether oxygens (including phenoxy) is 1. The number of alkyl halides is 3. The van der Waals surface area contributed by atoms with Crippen LogP contribution in [0.25, 0.3) is 17.8 Å². The SMILES string of the molecule is COc1nc(C=Cc2nc3n(n2)CCCN3c2ccccc2C(F)(F)F)ccc1-n1cnc(C)c1. The molecule has 8 nitrogen and oxygen atoms in total. The van der Waals surface area contributed by atoms with Gasteiger partial charge in [0.2, 0.25) is 11.8 Å². The monoisotopic (exact) mass is 481 g/mol. The summed E-state index contributed by atoms with van der Waals surface area (Å²) >= 11 is 0. The van der Waals surface area contributed by atoms with Crippen LogP contribution in [0.15, 0.2) is 48.9 Å². The summed E-state index contributed by atoms with van der Waals surface area (Å²) in [6.45, 7) is 2.89. The molecule has 4 aromatic rings. The van der Waals surface area contributed by atoms with Crippen molar-refractivity contribution in [2.75, 3.05) is 18.6 Å². The van der Waals surface area contributed by atoms with Crippen LogP contribution in [0.3, 0.4) is 0 Å². The van der Waals surface area contributed by atoms with Crippen LogP contribution in [0.1, 0.15) is 29.2 Å². The maximum Gasteiger partial charge on any atom is 0.418 e. The minimum Gasteiger partial charge on any atom is -0.479 e. The summed E-state index contributed by atoms with van der Waals surface area (Å²) in [5, 5.41) is 4.47. The number of benzene rings is 1. The number of anilines is 2. The summed E-state index contributed by atoms with van der Waals surface area (Å²) in [6.07, 6.45) is 3.17. The van der Waals surface area contributed by atoms with Crippen LogP contribution in [-0.2, 0) is 12.7 Å². The fourth-order valence-corrected chi connectivity index (χ4v) is 4.03. The molecule has 0 saturated heterocycles. The Morgan fingerprint density at radius 3 is 2.57 bits per heavy atom. The average molecular weight is 481 g/mol. The molecule has 0 unspecified atom stereocenters. The molecular formula is C24H22F3N7O. The van der Waals surface area contributed by atoms with Crippen LogP contribution >= 0.6 is 0 Å². The summed E-state index contributed by atoms with van der Waals surface area (Å²) in [6, 6.07) is 9.21. The zero-order chi connectivity index (χ0) is 24.6. The lowest BCUT2D eigenvalue weighted by atomic mass is 10.1. The number of para-hydroxylation sites is 1. The van der Waals surface area contributed by atoms with Crippen molar-refractivity contribution in [2.45, 2.75) is 26.1 Å². The van der Waals surface area contributed by atoms with Gasteiger partial charge in [0.15, 0.2) is 5.82 Å². The van der Waals surface area contributed by atoms with E-state index in [4.69, 9.17) is 4.74 Å². The van der Waals surface area contributed by atoms with Gasteiger partial charge in [-0.2, -0.15) is 18.2 Å². The largest absolute Gasteiger partial charge is 0.479 e. The Morgan fingerprint density at radius 2 is 1.83 bits per heavy atom. The minimum atomic E-state index is -4.46. The van der Waals surface area contributed by atoms with E-state index >= 15 is 0 Å². The van der Waals surface area contributed by atoms with E-state index in [1.165, 1.54) is 12.1 Å². The smallest absolute Gasteiger partial charge is 0.418 e. The highest BCUT2D eigenvalue weighted by Crippen LogP contribution is 2.39. The molecule has 0 N–H and O–H groups in total. The first-order chi connectivity index (χ1) is 16.8. The van der Waals surface area contributed by atoms with E-state index in [1.54, 1.807) is 41.2 Å². The molecule has 0 saturated carbocycles. The number of aryl methyl sites for hydroxylation is 2. The molecule has 1 aliphatic heterocycles. The number of methoxy groups -OCH3 is 1. The number of hydrogen-bond acceptors (Lipinski definition) is 6. The average Bonchev–Trinajstić information content (AvgIpc) is 3.47. The normalized spacial score (nSPS) is 13.9. The first-order valence-corrected chi connectivity index (χ1v) is 11.0. The first-order valence-electron chi connectivity index (χ1n) is 11.0. The molecule has 1 aromatic carbocycles. The van der Waals surface area contributed by atoms with Crippen molar-refractivity contribution in [3.05, 3.63) is 71.7 Å². The van der Waals surface area contributed by atoms with Gasteiger partial charge in [-0.05, 0) is 49.8 Å². The second kappa shape index (κ2) is 8.90. The lowest BCUT2D eigenvalue weighted by molar-refractivity contribution is -0.137. The van der Waals surface area contributed by atoms with E-state index in [1.807, 2.05) is 29.8 Å². The van der Waals surface area contributed by atoms with Gasteiger partial charge in [0.1, 0.15) is 5.69 Å². The van der Waals surface area contributed by atoms with Crippen molar-refractivity contribution in [1.29, 1.82) is 0 Å². The zero-order valence-electron chi connectivity index (χ0n) is 19.1. The predicted molar refractivity (Wildman–Crippen MR) is 125 cm³/mol. The second-order valence-corrected chi connectivity index (χ2v) is 8.03. The minimum absolute atomic E-state index is 0.0700. The highest BCUT2D eigenvalue weighted by atomic mass is 19.4. The van der Waals surface area contributed by atoms with E-state index in [0.29, 0.717) is 42.9 Å². The maximum atomic E-state index is 13.6. The number of pyridine rings is 1. The van der Waals surface area contributed by atoms with Crippen LogP contribution in [0, 0.1) is 6.92 Å². The summed E-state index contributed by atoms with van der Waals surface area (Å²) in [4.78, 5) is 14.8. The van der Waals surface area contributed by atoms with Gasteiger partial charge < -0.3 is 14.2 Å². The molecular weight excluding hydrogens is 459 g/mol. The van der Waals surface area contributed by atoms with Crippen molar-refractivity contribution < 1.29 is 17.9 Å². The van der Waals surface area contributed by atoms with E-state index in [9.17, 15) is 13.2 Å². The van der Waals surface area contributed by atoms with Gasteiger partial charge in [0.25, 0.3) is 0 Å². The van der Waals surface area contributed by atoms with Crippen molar-refractivity contribution in [1.82, 2.24) is 29.3 Å². The molecule has 0 amide bonds. The third-order valence-electron chi connectivity index (χ3n) is 5.61. The van der Waals surface area contributed by atoms with Crippen LogP contribution in [0.5, 0.6) is 5.88 Å². The maximum absolute atomic E-state index is 13.6.